The zero-order valence-corrected chi connectivity index (χ0v) is 15.8. The van der Waals surface area contributed by atoms with Gasteiger partial charge in [-0.25, -0.2) is 4.98 Å². The van der Waals surface area contributed by atoms with Crippen LogP contribution in [0.5, 0.6) is 0 Å². The molecule has 0 radical (unpaired) electrons. The zero-order valence-electron chi connectivity index (χ0n) is 15.0. The largest absolute Gasteiger partial charge is 0.345 e. The summed E-state index contributed by atoms with van der Waals surface area (Å²) < 4.78 is 3.32. The molecule has 3 heterocycles. The minimum Gasteiger partial charge on any atom is -0.345 e. The van der Waals surface area contributed by atoms with Gasteiger partial charge in [-0.05, 0) is 33.3 Å². The molecule has 0 aliphatic heterocycles. The molecule has 0 saturated carbocycles. The number of nitrogens with zero attached hydrogens (tertiary/aromatic N) is 4. The van der Waals surface area contributed by atoms with Gasteiger partial charge in [-0.2, -0.15) is 5.10 Å². The van der Waals surface area contributed by atoms with Gasteiger partial charge in [-0.15, -0.1) is 11.3 Å². The fourth-order valence-electron chi connectivity index (χ4n) is 2.88. The first-order chi connectivity index (χ1) is 11.8. The lowest BCUT2D eigenvalue weighted by Gasteiger charge is -2.13. The van der Waals surface area contributed by atoms with Crippen LogP contribution >= 0.6 is 11.3 Å². The highest BCUT2D eigenvalue weighted by molar-refractivity contribution is 7.20. The van der Waals surface area contributed by atoms with Crippen molar-refractivity contribution < 1.29 is 4.79 Å². The topological polar surface area (TPSA) is 81.8 Å². The number of carbonyl (C=O) groups is 1. The average Bonchev–Trinajstić information content (AvgIpc) is 3.09. The van der Waals surface area contributed by atoms with Crippen molar-refractivity contribution in [1.29, 1.82) is 0 Å². The van der Waals surface area contributed by atoms with E-state index in [1.54, 1.807) is 22.4 Å². The summed E-state index contributed by atoms with van der Waals surface area (Å²) in [6, 6.07) is -0.175. The molecule has 25 heavy (non-hydrogen) atoms. The number of aryl methyl sites for hydroxylation is 3. The van der Waals surface area contributed by atoms with E-state index in [4.69, 9.17) is 0 Å². The van der Waals surface area contributed by atoms with E-state index in [9.17, 15) is 9.59 Å². The third-order valence-corrected chi connectivity index (χ3v) is 5.75. The lowest BCUT2D eigenvalue weighted by molar-refractivity contribution is 0.0943. The third kappa shape index (κ3) is 2.86. The summed E-state index contributed by atoms with van der Waals surface area (Å²) >= 11 is 1.25. The van der Waals surface area contributed by atoms with Crippen LogP contribution < -0.4 is 10.9 Å². The van der Waals surface area contributed by atoms with E-state index in [0.29, 0.717) is 27.2 Å². The predicted octanol–water partition coefficient (Wildman–Crippen LogP) is 2.32. The molecule has 3 aromatic rings. The number of amides is 1. The zero-order chi connectivity index (χ0) is 18.3. The van der Waals surface area contributed by atoms with Gasteiger partial charge >= 0.3 is 0 Å². The van der Waals surface area contributed by atoms with Gasteiger partial charge in [-0.3, -0.25) is 18.8 Å². The monoisotopic (exact) mass is 359 g/mol. The number of fused-ring (bicyclic) bond motifs is 1. The van der Waals surface area contributed by atoms with Crippen LogP contribution in [0.4, 0.5) is 0 Å². The van der Waals surface area contributed by atoms with E-state index in [1.165, 1.54) is 17.7 Å². The van der Waals surface area contributed by atoms with E-state index < -0.39 is 0 Å². The van der Waals surface area contributed by atoms with Crippen molar-refractivity contribution in [3.63, 3.8) is 0 Å². The van der Waals surface area contributed by atoms with Crippen molar-refractivity contribution in [3.05, 3.63) is 44.6 Å². The molecule has 8 heteroatoms. The van der Waals surface area contributed by atoms with Gasteiger partial charge in [0, 0.05) is 24.8 Å². The number of carbonyl (C=O) groups excluding carboxylic acids is 1. The van der Waals surface area contributed by atoms with Gasteiger partial charge in [0.15, 0.2) is 0 Å². The molecular formula is C17H21N5O2S. The Morgan fingerprint density at radius 2 is 2.12 bits per heavy atom. The standard InChI is InChI=1S/C17H21N5O2S/c1-6-22-8-18-16-13(17(22)24)9(2)14(25-16)15(23)20-10(3)12-7-19-21(5)11(12)4/h7-8,10H,6H2,1-5H3,(H,20,23). The van der Waals surface area contributed by atoms with Crippen molar-refractivity contribution >= 4 is 27.5 Å². The van der Waals surface area contributed by atoms with Crippen LogP contribution in [-0.4, -0.2) is 25.2 Å². The van der Waals surface area contributed by atoms with Crippen LogP contribution in [0.25, 0.3) is 10.2 Å². The third-order valence-electron chi connectivity index (χ3n) is 4.55. The maximum atomic E-state index is 12.7. The first kappa shape index (κ1) is 17.3. The second-order valence-electron chi connectivity index (χ2n) is 6.08. The summed E-state index contributed by atoms with van der Waals surface area (Å²) in [6.07, 6.45) is 3.30. The number of aromatic nitrogens is 4. The van der Waals surface area contributed by atoms with Gasteiger partial charge in [0.05, 0.1) is 28.8 Å². The Kier molecular flexibility index (Phi) is 4.47. The second-order valence-corrected chi connectivity index (χ2v) is 7.08. The highest BCUT2D eigenvalue weighted by atomic mass is 32.1. The quantitative estimate of drug-likeness (QED) is 0.775. The Bertz CT molecular complexity index is 1010. The molecular weight excluding hydrogens is 338 g/mol. The van der Waals surface area contributed by atoms with Crippen molar-refractivity contribution in [1.82, 2.24) is 24.6 Å². The fourth-order valence-corrected chi connectivity index (χ4v) is 3.92. The summed E-state index contributed by atoms with van der Waals surface area (Å²) in [5, 5.41) is 7.74. The summed E-state index contributed by atoms with van der Waals surface area (Å²) in [5.74, 6) is -0.196. The lowest BCUT2D eigenvalue weighted by atomic mass is 10.1. The first-order valence-corrected chi connectivity index (χ1v) is 8.94. The van der Waals surface area contributed by atoms with Gasteiger partial charge in [-0.1, -0.05) is 0 Å². The van der Waals surface area contributed by atoms with Crippen LogP contribution in [0.3, 0.4) is 0 Å². The molecule has 0 aliphatic carbocycles. The number of hydrogen-bond acceptors (Lipinski definition) is 5. The number of hydrogen-bond donors (Lipinski definition) is 1. The number of nitrogens with one attached hydrogen (secondary N) is 1. The highest BCUT2D eigenvalue weighted by Gasteiger charge is 2.22. The van der Waals surface area contributed by atoms with Crippen molar-refractivity contribution in [2.24, 2.45) is 7.05 Å². The molecule has 0 spiro atoms. The van der Waals surface area contributed by atoms with E-state index in [2.05, 4.69) is 15.4 Å². The summed E-state index contributed by atoms with van der Waals surface area (Å²) in [6.45, 7) is 8.13. The van der Waals surface area contributed by atoms with E-state index >= 15 is 0 Å². The normalized spacial score (nSPS) is 12.5. The van der Waals surface area contributed by atoms with Crippen LogP contribution in [-0.2, 0) is 13.6 Å². The van der Waals surface area contributed by atoms with E-state index in [1.807, 2.05) is 27.8 Å². The van der Waals surface area contributed by atoms with Crippen LogP contribution in [0.2, 0.25) is 0 Å². The molecule has 0 aliphatic rings. The Labute approximate surface area is 149 Å². The minimum absolute atomic E-state index is 0.101. The first-order valence-electron chi connectivity index (χ1n) is 8.13. The summed E-state index contributed by atoms with van der Waals surface area (Å²) in [5.41, 5.74) is 2.57. The van der Waals surface area contributed by atoms with Gasteiger partial charge in [0.2, 0.25) is 0 Å². The molecule has 0 saturated heterocycles. The van der Waals surface area contributed by atoms with Crippen LogP contribution in [0.1, 0.15) is 46.4 Å². The SMILES string of the molecule is CCn1cnc2sc(C(=O)NC(C)c3cnn(C)c3C)c(C)c2c1=O. The molecule has 7 nitrogen and oxygen atoms in total. The maximum absolute atomic E-state index is 12.7. The Morgan fingerprint density at radius 3 is 2.72 bits per heavy atom. The molecule has 1 N–H and O–H groups in total. The van der Waals surface area contributed by atoms with Crippen molar-refractivity contribution in [3.8, 4) is 0 Å². The molecule has 3 rings (SSSR count). The Hall–Kier alpha value is -2.48. The smallest absolute Gasteiger partial charge is 0.262 e. The molecule has 1 atom stereocenters. The predicted molar refractivity (Wildman–Crippen MR) is 98.1 cm³/mol. The summed E-state index contributed by atoms with van der Waals surface area (Å²) in [4.78, 5) is 30.7. The lowest BCUT2D eigenvalue weighted by Crippen LogP contribution is -2.27. The second kappa shape index (κ2) is 6.44. The number of rotatable bonds is 4. The minimum atomic E-state index is -0.196. The van der Waals surface area contributed by atoms with Gasteiger partial charge in [0.25, 0.3) is 11.5 Å². The van der Waals surface area contributed by atoms with Crippen molar-refractivity contribution in [2.75, 3.05) is 0 Å². The molecule has 1 amide bonds. The van der Waals surface area contributed by atoms with E-state index in [-0.39, 0.29) is 17.5 Å². The van der Waals surface area contributed by atoms with Crippen LogP contribution in [0.15, 0.2) is 17.3 Å². The summed E-state index contributed by atoms with van der Waals surface area (Å²) in [7, 11) is 1.87. The fraction of sp³-hybridized carbons (Fsp3) is 0.412. The molecule has 1 unspecified atom stereocenters. The van der Waals surface area contributed by atoms with Gasteiger partial charge < -0.3 is 5.32 Å². The van der Waals surface area contributed by atoms with Gasteiger partial charge in [0.1, 0.15) is 4.83 Å². The van der Waals surface area contributed by atoms with Crippen molar-refractivity contribution in [2.45, 2.75) is 40.3 Å². The Balaban J connectivity index is 1.95. The molecule has 0 bridgehead atoms. The van der Waals surface area contributed by atoms with Crippen LogP contribution in [0, 0.1) is 13.8 Å². The highest BCUT2D eigenvalue weighted by Crippen LogP contribution is 2.27. The average molecular weight is 359 g/mol. The molecule has 0 fully saturated rings. The molecule has 132 valence electrons. The maximum Gasteiger partial charge on any atom is 0.262 e. The van der Waals surface area contributed by atoms with E-state index in [0.717, 1.165) is 11.3 Å². The Morgan fingerprint density at radius 1 is 1.40 bits per heavy atom. The number of thiophene rings is 1. The molecule has 0 aromatic carbocycles. The molecule has 3 aromatic heterocycles.